The van der Waals surface area contributed by atoms with Gasteiger partial charge in [-0.25, -0.2) is 9.37 Å². The molecule has 0 fully saturated rings. The van der Waals surface area contributed by atoms with E-state index in [2.05, 4.69) is 10.3 Å². The molecule has 4 nitrogen and oxygen atoms in total. The number of likely N-dealkylation sites (N-methyl/N-ethyl adjacent to an activating group) is 1. The first kappa shape index (κ1) is 15.5. The van der Waals surface area contributed by atoms with E-state index in [4.69, 9.17) is 11.6 Å². The van der Waals surface area contributed by atoms with E-state index in [-0.39, 0.29) is 18.3 Å². The fourth-order valence-corrected chi connectivity index (χ4v) is 2.64. The van der Waals surface area contributed by atoms with Crippen molar-refractivity contribution in [2.24, 2.45) is 0 Å². The number of fused-ring (bicyclic) bond motifs is 1. The van der Waals surface area contributed by atoms with Gasteiger partial charge in [0.1, 0.15) is 18.2 Å². The molecule has 0 bridgehead atoms. The minimum Gasteiger partial charge on any atom is -0.355 e. The number of hydrogen-bond acceptors (Lipinski definition) is 2. The van der Waals surface area contributed by atoms with Gasteiger partial charge < -0.3 is 9.88 Å². The predicted octanol–water partition coefficient (Wildman–Crippen LogP) is 2.70. The van der Waals surface area contributed by atoms with Gasteiger partial charge in [0, 0.05) is 24.9 Å². The van der Waals surface area contributed by atoms with Crippen LogP contribution in [0.25, 0.3) is 11.0 Å². The van der Waals surface area contributed by atoms with Crippen LogP contribution in [0.3, 0.4) is 0 Å². The lowest BCUT2D eigenvalue weighted by Crippen LogP contribution is -2.27. The Kier molecular flexibility index (Phi) is 5.20. The molecular weight excluding hydrogens is 396 g/mol. The number of aromatic nitrogens is 2. The minimum absolute atomic E-state index is 0.122. The van der Waals surface area contributed by atoms with Gasteiger partial charge in [-0.2, -0.15) is 0 Å². The maximum absolute atomic E-state index is 13.7. The molecule has 0 saturated carbocycles. The van der Waals surface area contributed by atoms with Crippen molar-refractivity contribution in [3.05, 3.63) is 27.3 Å². The Morgan fingerprint density at radius 2 is 2.30 bits per heavy atom. The third kappa shape index (κ3) is 3.22. The third-order valence-electron chi connectivity index (χ3n) is 2.86. The van der Waals surface area contributed by atoms with E-state index in [1.165, 1.54) is 6.07 Å². The molecule has 0 spiro atoms. The molecular formula is C13H14ClFIN3O. The molecule has 2 rings (SSSR count). The average Bonchev–Trinajstić information content (AvgIpc) is 2.69. The summed E-state index contributed by atoms with van der Waals surface area (Å²) in [4.78, 5) is 16.2. The van der Waals surface area contributed by atoms with Gasteiger partial charge in [-0.15, -0.1) is 11.6 Å². The van der Waals surface area contributed by atoms with Gasteiger partial charge in [0.05, 0.1) is 14.6 Å². The molecule has 0 unspecified atom stereocenters. The van der Waals surface area contributed by atoms with Gasteiger partial charge in [-0.3, -0.25) is 4.79 Å². The van der Waals surface area contributed by atoms with Crippen LogP contribution in [0.4, 0.5) is 4.39 Å². The van der Waals surface area contributed by atoms with Gasteiger partial charge in [-0.05, 0) is 35.6 Å². The number of halogens is 3. The third-order valence-corrected chi connectivity index (χ3v) is 3.88. The number of benzene rings is 1. The maximum Gasteiger partial charge on any atom is 0.239 e. The summed E-state index contributed by atoms with van der Waals surface area (Å²) in [6, 6.07) is 3.10. The van der Waals surface area contributed by atoms with Crippen molar-refractivity contribution in [1.29, 1.82) is 0 Å². The second-order valence-electron chi connectivity index (χ2n) is 4.26. The van der Waals surface area contributed by atoms with E-state index in [0.717, 1.165) is 0 Å². The van der Waals surface area contributed by atoms with Gasteiger partial charge in [0.2, 0.25) is 5.91 Å². The van der Waals surface area contributed by atoms with Crippen LogP contribution in [0.5, 0.6) is 0 Å². The fourth-order valence-electron chi connectivity index (χ4n) is 2.02. The average molecular weight is 410 g/mol. The van der Waals surface area contributed by atoms with E-state index in [9.17, 15) is 9.18 Å². The molecule has 20 heavy (non-hydrogen) atoms. The van der Waals surface area contributed by atoms with Gasteiger partial charge in [0.25, 0.3) is 0 Å². The molecule has 1 N–H and O–H groups in total. The number of rotatable bonds is 5. The zero-order chi connectivity index (χ0) is 14.7. The predicted molar refractivity (Wildman–Crippen MR) is 85.5 cm³/mol. The molecule has 0 aliphatic rings. The molecule has 7 heteroatoms. The number of hydrogen-bond donors (Lipinski definition) is 1. The number of carbonyl (C=O) groups is 1. The molecule has 0 aliphatic carbocycles. The Morgan fingerprint density at radius 1 is 1.55 bits per heavy atom. The van der Waals surface area contributed by atoms with Crippen molar-refractivity contribution in [3.63, 3.8) is 0 Å². The van der Waals surface area contributed by atoms with Crippen LogP contribution in [-0.2, 0) is 17.8 Å². The van der Waals surface area contributed by atoms with Crippen molar-refractivity contribution in [3.8, 4) is 0 Å². The van der Waals surface area contributed by atoms with Crippen molar-refractivity contribution in [2.45, 2.75) is 19.9 Å². The highest BCUT2D eigenvalue weighted by molar-refractivity contribution is 14.1. The summed E-state index contributed by atoms with van der Waals surface area (Å²) in [7, 11) is 0. The van der Waals surface area contributed by atoms with Crippen LogP contribution in [0, 0.1) is 9.39 Å². The number of imidazole rings is 1. The Labute approximate surface area is 134 Å². The second-order valence-corrected chi connectivity index (χ2v) is 5.80. The Bertz CT molecular complexity index is 644. The molecule has 1 aromatic heterocycles. The zero-order valence-electron chi connectivity index (χ0n) is 10.9. The van der Waals surface area contributed by atoms with E-state index in [1.807, 2.05) is 29.5 Å². The van der Waals surface area contributed by atoms with Crippen LogP contribution in [0.15, 0.2) is 12.1 Å². The minimum atomic E-state index is -0.312. The van der Waals surface area contributed by atoms with E-state index >= 15 is 0 Å². The fraction of sp³-hybridized carbons (Fsp3) is 0.385. The summed E-state index contributed by atoms with van der Waals surface area (Å²) >= 11 is 7.69. The monoisotopic (exact) mass is 409 g/mol. The number of carbonyl (C=O) groups excluding carboxylic acids is 1. The zero-order valence-corrected chi connectivity index (χ0v) is 13.8. The summed E-state index contributed by atoms with van der Waals surface area (Å²) in [5.74, 6) is 0.662. The van der Waals surface area contributed by atoms with E-state index in [1.54, 1.807) is 10.6 Å². The number of aryl methyl sites for hydroxylation is 1. The highest BCUT2D eigenvalue weighted by atomic mass is 127. The molecule has 1 aromatic carbocycles. The SMILES string of the molecule is CCNC(=O)Cn1c(CCCl)nc2cc(I)c(F)cc21. The molecule has 0 radical (unpaired) electrons. The number of nitrogens with one attached hydrogen (secondary N) is 1. The number of amides is 1. The van der Waals surface area contributed by atoms with Crippen LogP contribution in [-0.4, -0.2) is 27.9 Å². The van der Waals surface area contributed by atoms with E-state index < -0.39 is 0 Å². The Balaban J connectivity index is 2.50. The van der Waals surface area contributed by atoms with Crippen LogP contribution in [0.2, 0.25) is 0 Å². The first-order valence-corrected chi connectivity index (χ1v) is 7.85. The lowest BCUT2D eigenvalue weighted by Gasteiger charge is -2.08. The largest absolute Gasteiger partial charge is 0.355 e. The van der Waals surface area contributed by atoms with Crippen LogP contribution in [0.1, 0.15) is 12.7 Å². The summed E-state index contributed by atoms with van der Waals surface area (Å²) in [6.07, 6.45) is 0.536. The summed E-state index contributed by atoms with van der Waals surface area (Å²) < 4.78 is 16.0. The van der Waals surface area contributed by atoms with E-state index in [0.29, 0.717) is 39.3 Å². The van der Waals surface area contributed by atoms with Crippen molar-refractivity contribution < 1.29 is 9.18 Å². The van der Waals surface area contributed by atoms with Crippen molar-refractivity contribution >= 4 is 51.1 Å². The Hall–Kier alpha value is -0.890. The van der Waals surface area contributed by atoms with Gasteiger partial charge in [-0.1, -0.05) is 0 Å². The normalized spacial score (nSPS) is 11.0. The number of nitrogens with zero attached hydrogens (tertiary/aromatic N) is 2. The summed E-state index contributed by atoms with van der Waals surface area (Å²) in [5.41, 5.74) is 1.30. The second kappa shape index (κ2) is 6.71. The summed E-state index contributed by atoms with van der Waals surface area (Å²) in [5, 5.41) is 2.73. The molecule has 0 atom stereocenters. The first-order valence-electron chi connectivity index (χ1n) is 6.23. The van der Waals surface area contributed by atoms with Crippen molar-refractivity contribution in [1.82, 2.24) is 14.9 Å². The van der Waals surface area contributed by atoms with Gasteiger partial charge >= 0.3 is 0 Å². The smallest absolute Gasteiger partial charge is 0.239 e. The lowest BCUT2D eigenvalue weighted by molar-refractivity contribution is -0.121. The van der Waals surface area contributed by atoms with Crippen LogP contribution < -0.4 is 5.32 Å². The number of alkyl halides is 1. The topological polar surface area (TPSA) is 46.9 Å². The molecule has 2 aromatic rings. The van der Waals surface area contributed by atoms with Gasteiger partial charge in [0.15, 0.2) is 0 Å². The molecule has 0 saturated heterocycles. The first-order chi connectivity index (χ1) is 9.56. The maximum atomic E-state index is 13.7. The highest BCUT2D eigenvalue weighted by Crippen LogP contribution is 2.22. The Morgan fingerprint density at radius 3 is 2.95 bits per heavy atom. The molecule has 0 aliphatic heterocycles. The standard InChI is InChI=1S/C13H14ClFIN3O/c1-2-17-13(20)7-19-11-5-8(15)9(16)6-10(11)18-12(19)3-4-14/h5-6H,2-4,7H2,1H3,(H,17,20). The summed E-state index contributed by atoms with van der Waals surface area (Å²) in [6.45, 7) is 2.53. The molecule has 1 heterocycles. The highest BCUT2D eigenvalue weighted by Gasteiger charge is 2.15. The quantitative estimate of drug-likeness (QED) is 0.610. The van der Waals surface area contributed by atoms with Crippen molar-refractivity contribution in [2.75, 3.05) is 12.4 Å². The molecule has 1 amide bonds. The molecule has 108 valence electrons. The lowest BCUT2D eigenvalue weighted by atomic mass is 10.3. The van der Waals surface area contributed by atoms with Crippen LogP contribution >= 0.6 is 34.2 Å².